The number of aliphatic hydroxyl groups excluding tert-OH is 1. The Bertz CT molecular complexity index is 1460. The zero-order valence-corrected chi connectivity index (χ0v) is 23.1. The van der Waals surface area contributed by atoms with Crippen LogP contribution in [-0.4, -0.2) is 62.8 Å². The van der Waals surface area contributed by atoms with Crippen molar-refractivity contribution in [2.24, 2.45) is 5.92 Å². The second-order valence-electron chi connectivity index (χ2n) is 10.4. The Hall–Kier alpha value is -3.16. The third-order valence-corrected chi connectivity index (χ3v) is 7.89. The summed E-state index contributed by atoms with van der Waals surface area (Å²) in [5.41, 5.74) is 2.98. The van der Waals surface area contributed by atoms with Gasteiger partial charge in [-0.2, -0.15) is 4.98 Å². The van der Waals surface area contributed by atoms with E-state index in [1.54, 1.807) is 30.8 Å². The molecular formula is C27H32N6O5S. The van der Waals surface area contributed by atoms with Crippen LogP contribution in [0.3, 0.4) is 0 Å². The highest BCUT2D eigenvalue weighted by atomic mass is 32.1. The van der Waals surface area contributed by atoms with E-state index < -0.39 is 5.79 Å². The van der Waals surface area contributed by atoms with Crippen molar-refractivity contribution >= 4 is 34.1 Å². The molecule has 0 amide bonds. The molecule has 1 saturated heterocycles. The van der Waals surface area contributed by atoms with Crippen molar-refractivity contribution in [1.82, 2.24) is 19.9 Å². The molecule has 0 spiro atoms. The smallest absolute Gasteiger partial charge is 0.225 e. The lowest BCUT2D eigenvalue weighted by Gasteiger charge is -2.25. The Morgan fingerprint density at radius 3 is 2.79 bits per heavy atom. The standard InChI is InChI=1S/C27H32N6O5S/c1-14-22(19-9-15-7-17(13-35-4)29-10-20(15)36-19)25(33-26(31-14)30-11-21-28-5-6-39-21)32-18-8-16(12-34)23-24(18)38-27(2,3)37-23/h5-7,9-10,16,18,23-24,34H,8,11-13H2,1-4H3,(H2,30,31,32,33)/t16-,18-,23-,24+/m1/s1. The zero-order chi connectivity index (χ0) is 27.1. The predicted molar refractivity (Wildman–Crippen MR) is 146 cm³/mol. The number of aromatic nitrogens is 4. The van der Waals surface area contributed by atoms with Gasteiger partial charge in [-0.05, 0) is 39.3 Å². The number of nitrogens with one attached hydrogen (secondary N) is 2. The normalized spacial score (nSPS) is 23.8. The van der Waals surface area contributed by atoms with Gasteiger partial charge in [-0.25, -0.2) is 9.97 Å². The highest BCUT2D eigenvalue weighted by Crippen LogP contribution is 2.44. The van der Waals surface area contributed by atoms with Gasteiger partial charge in [0, 0.05) is 36.6 Å². The van der Waals surface area contributed by atoms with E-state index in [-0.39, 0.29) is 30.8 Å². The summed E-state index contributed by atoms with van der Waals surface area (Å²) < 4.78 is 23.9. The summed E-state index contributed by atoms with van der Waals surface area (Å²) >= 11 is 1.57. The third-order valence-electron chi connectivity index (χ3n) is 7.11. The molecule has 4 aromatic rings. The number of ether oxygens (including phenoxy) is 3. The molecule has 1 aliphatic carbocycles. The van der Waals surface area contributed by atoms with Gasteiger partial charge in [-0.3, -0.25) is 4.98 Å². The van der Waals surface area contributed by atoms with Crippen molar-refractivity contribution in [3.8, 4) is 11.3 Å². The van der Waals surface area contributed by atoms with Gasteiger partial charge >= 0.3 is 0 Å². The number of hydrogen-bond donors (Lipinski definition) is 3. The number of methoxy groups -OCH3 is 1. The van der Waals surface area contributed by atoms with Crippen LogP contribution in [0.4, 0.5) is 11.8 Å². The van der Waals surface area contributed by atoms with Crippen LogP contribution in [0.2, 0.25) is 0 Å². The largest absolute Gasteiger partial charge is 0.454 e. The van der Waals surface area contributed by atoms with Crippen LogP contribution >= 0.6 is 11.3 Å². The highest BCUT2D eigenvalue weighted by molar-refractivity contribution is 7.09. The summed E-state index contributed by atoms with van der Waals surface area (Å²) in [5.74, 6) is 0.958. The maximum absolute atomic E-state index is 10.1. The molecule has 3 N–H and O–H groups in total. The average molecular weight is 553 g/mol. The molecule has 1 aliphatic heterocycles. The van der Waals surface area contributed by atoms with E-state index >= 15 is 0 Å². The number of hydrogen-bond acceptors (Lipinski definition) is 12. The Morgan fingerprint density at radius 1 is 1.18 bits per heavy atom. The van der Waals surface area contributed by atoms with Crippen LogP contribution in [0, 0.1) is 12.8 Å². The van der Waals surface area contributed by atoms with Crippen molar-refractivity contribution in [3.05, 3.63) is 46.3 Å². The van der Waals surface area contributed by atoms with Crippen LogP contribution < -0.4 is 10.6 Å². The Kier molecular flexibility index (Phi) is 6.98. The molecule has 206 valence electrons. The van der Waals surface area contributed by atoms with Crippen LogP contribution in [0.15, 0.2) is 34.3 Å². The Labute approximate surface area is 230 Å². The van der Waals surface area contributed by atoms with Crippen LogP contribution in [-0.2, 0) is 27.4 Å². The summed E-state index contributed by atoms with van der Waals surface area (Å²) in [6.07, 6.45) is 3.73. The molecule has 5 heterocycles. The molecule has 6 rings (SSSR count). The summed E-state index contributed by atoms with van der Waals surface area (Å²) in [5, 5.41) is 20.8. The molecule has 39 heavy (non-hydrogen) atoms. The minimum atomic E-state index is -0.723. The molecule has 0 unspecified atom stereocenters. The van der Waals surface area contributed by atoms with E-state index in [0.29, 0.717) is 42.7 Å². The number of aryl methyl sites for hydroxylation is 1. The van der Waals surface area contributed by atoms with Gasteiger partial charge in [0.05, 0.1) is 48.4 Å². The molecule has 2 aliphatic rings. The Morgan fingerprint density at radius 2 is 2.03 bits per heavy atom. The first-order chi connectivity index (χ1) is 18.8. The van der Waals surface area contributed by atoms with Gasteiger partial charge in [0.2, 0.25) is 5.95 Å². The fraction of sp³-hybridized carbons (Fsp3) is 0.481. The first kappa shape index (κ1) is 26.1. The highest BCUT2D eigenvalue weighted by Gasteiger charge is 2.54. The molecule has 11 nitrogen and oxygen atoms in total. The van der Waals surface area contributed by atoms with E-state index in [1.165, 1.54) is 0 Å². The lowest BCUT2D eigenvalue weighted by molar-refractivity contribution is -0.158. The maximum atomic E-state index is 10.1. The zero-order valence-electron chi connectivity index (χ0n) is 22.3. The quantitative estimate of drug-likeness (QED) is 0.276. The molecule has 12 heteroatoms. The van der Waals surface area contributed by atoms with Crippen LogP contribution in [0.25, 0.3) is 22.3 Å². The number of pyridine rings is 1. The second-order valence-corrected chi connectivity index (χ2v) is 11.4. The number of furan rings is 1. The van der Waals surface area contributed by atoms with E-state index in [1.807, 2.05) is 38.3 Å². The minimum Gasteiger partial charge on any atom is -0.454 e. The lowest BCUT2D eigenvalue weighted by Crippen LogP contribution is -2.35. The van der Waals surface area contributed by atoms with Gasteiger partial charge < -0.3 is 34.4 Å². The van der Waals surface area contributed by atoms with Crippen molar-refractivity contribution in [3.63, 3.8) is 0 Å². The van der Waals surface area contributed by atoms with E-state index in [2.05, 4.69) is 20.6 Å². The van der Waals surface area contributed by atoms with Crippen molar-refractivity contribution in [2.45, 2.75) is 64.4 Å². The number of nitrogens with zero attached hydrogens (tertiary/aromatic N) is 4. The van der Waals surface area contributed by atoms with Gasteiger partial charge in [0.1, 0.15) is 22.7 Å². The molecule has 0 bridgehead atoms. The third kappa shape index (κ3) is 5.22. The topological polar surface area (TPSA) is 137 Å². The number of fused-ring (bicyclic) bond motifs is 2. The molecule has 4 aromatic heterocycles. The van der Waals surface area contributed by atoms with Crippen LogP contribution in [0.1, 0.15) is 36.7 Å². The number of thiazole rings is 1. The molecule has 2 fully saturated rings. The maximum Gasteiger partial charge on any atom is 0.225 e. The van der Waals surface area contributed by atoms with Crippen molar-refractivity contribution < 1.29 is 23.7 Å². The monoisotopic (exact) mass is 552 g/mol. The summed E-state index contributed by atoms with van der Waals surface area (Å²) in [6.45, 7) is 6.69. The number of aliphatic hydroxyl groups is 1. The van der Waals surface area contributed by atoms with Crippen molar-refractivity contribution in [1.29, 1.82) is 0 Å². The summed E-state index contributed by atoms with van der Waals surface area (Å²) in [6, 6.07) is 3.80. The molecule has 4 atom stereocenters. The number of anilines is 2. The molecule has 1 saturated carbocycles. The first-order valence-electron chi connectivity index (χ1n) is 12.9. The van der Waals surface area contributed by atoms with Crippen LogP contribution in [0.5, 0.6) is 0 Å². The predicted octanol–water partition coefficient (Wildman–Crippen LogP) is 4.12. The fourth-order valence-corrected chi connectivity index (χ4v) is 6.03. The van der Waals surface area contributed by atoms with E-state index in [4.69, 9.17) is 28.6 Å². The first-order valence-corrected chi connectivity index (χ1v) is 13.8. The molecule has 0 aromatic carbocycles. The Balaban J connectivity index is 1.37. The fourth-order valence-electron chi connectivity index (χ4n) is 5.47. The molecule has 0 radical (unpaired) electrons. The van der Waals surface area contributed by atoms with E-state index in [9.17, 15) is 5.11 Å². The SMILES string of the molecule is COCc1cc2cc(-c3c(C)nc(NCc4nccs4)nc3N[C@@H]3C[C@H](CO)[C@H]4OC(C)(C)O[C@H]43)oc2cn1. The molecular weight excluding hydrogens is 520 g/mol. The minimum absolute atomic E-state index is 0.0233. The van der Waals surface area contributed by atoms with E-state index in [0.717, 1.165) is 27.3 Å². The summed E-state index contributed by atoms with van der Waals surface area (Å²) in [7, 11) is 1.64. The number of rotatable bonds is 9. The van der Waals surface area contributed by atoms with Gasteiger partial charge in [-0.1, -0.05) is 0 Å². The average Bonchev–Trinajstić information content (AvgIpc) is 3.67. The lowest BCUT2D eigenvalue weighted by atomic mass is 10.1. The van der Waals surface area contributed by atoms with Crippen molar-refractivity contribution in [2.75, 3.05) is 24.4 Å². The van der Waals surface area contributed by atoms with Gasteiger partial charge in [0.25, 0.3) is 0 Å². The summed E-state index contributed by atoms with van der Waals surface area (Å²) in [4.78, 5) is 18.4. The second kappa shape index (κ2) is 10.4. The van der Waals surface area contributed by atoms with Gasteiger partial charge in [-0.15, -0.1) is 11.3 Å². The van der Waals surface area contributed by atoms with Gasteiger partial charge in [0.15, 0.2) is 11.4 Å².